The lowest BCUT2D eigenvalue weighted by Gasteiger charge is -2.31. The maximum atomic E-state index is 14.7. The quantitative estimate of drug-likeness (QED) is 0.101. The van der Waals surface area contributed by atoms with E-state index in [4.69, 9.17) is 26.7 Å². The molecule has 15 nitrogen and oxygen atoms in total. The zero-order valence-corrected chi connectivity index (χ0v) is 37.4. The van der Waals surface area contributed by atoms with E-state index in [9.17, 15) is 29.2 Å². The predicted molar refractivity (Wildman–Crippen MR) is 243 cm³/mol. The van der Waals surface area contributed by atoms with Crippen LogP contribution >= 0.6 is 0 Å². The number of carbonyl (C=O) groups excluding carboxylic acids is 5. The van der Waals surface area contributed by atoms with Crippen LogP contribution in [0.25, 0.3) is 22.5 Å². The van der Waals surface area contributed by atoms with Crippen LogP contribution in [0.1, 0.15) is 98.1 Å². The normalized spacial score (nSPS) is 15.9. The van der Waals surface area contributed by atoms with Crippen LogP contribution in [0.2, 0.25) is 0 Å². The van der Waals surface area contributed by atoms with Gasteiger partial charge in [0, 0.05) is 81.0 Å². The Morgan fingerprint density at radius 3 is 2.19 bits per heavy atom. The minimum Gasteiger partial charge on any atom is -0.492 e. The average Bonchev–Trinajstić information content (AvgIpc) is 3.27. The molecule has 0 radical (unpaired) electrons. The van der Waals surface area contributed by atoms with E-state index in [1.165, 1.54) is 18.1 Å². The number of fused-ring (bicyclic) bond motifs is 5. The molecule has 5 rings (SSSR count). The maximum Gasteiger partial charge on any atom is 0.226 e. The third-order valence-corrected chi connectivity index (χ3v) is 11.3. The van der Waals surface area contributed by atoms with Crippen LogP contribution in [0.3, 0.4) is 0 Å². The number of nitrogens with two attached hydrogens (primary N) is 3. The second-order valence-corrected chi connectivity index (χ2v) is 17.0. The number of aromatic nitrogens is 2. The van der Waals surface area contributed by atoms with E-state index < -0.39 is 35.6 Å². The molecule has 4 bridgehead atoms. The standard InChI is InChI=1S/C49H60N8O7/c1-30-38(29-54-47(55-30)32-9-12-35(13-10-32)49(2,3)4)42(60)28-34(18-20-51)48(62)57(5)46-33-11-16-44(64-24-22-53)37(27-33)36-25-31(8-15-43(36)63-23-21-52)26-39(40(58)7-6-19-50)56-45(61)17-14-41(46)59/h8-13,15-16,25,27,29,34,39,46H,6-7,14,17-18,20-24,26,28,51-53H2,1-5H3,(H,56,61)/t34-,39+,46+/m1/s1. The molecule has 1 aromatic heterocycles. The summed E-state index contributed by atoms with van der Waals surface area (Å²) >= 11 is 0. The van der Waals surface area contributed by atoms with Crippen LogP contribution in [0, 0.1) is 24.2 Å². The van der Waals surface area contributed by atoms with Gasteiger partial charge in [-0.2, -0.15) is 5.26 Å². The summed E-state index contributed by atoms with van der Waals surface area (Å²) in [5.74, 6) is -1.79. The Morgan fingerprint density at radius 2 is 1.58 bits per heavy atom. The number of likely N-dealkylation sites (N-methyl/N-ethyl adjacent to an activating group) is 1. The number of nitrogens with one attached hydrogen (secondary N) is 1. The van der Waals surface area contributed by atoms with Gasteiger partial charge in [-0.05, 0) is 72.7 Å². The van der Waals surface area contributed by atoms with Crippen molar-refractivity contribution in [3.63, 3.8) is 0 Å². The van der Waals surface area contributed by atoms with Gasteiger partial charge < -0.3 is 36.9 Å². The van der Waals surface area contributed by atoms with Crippen molar-refractivity contribution in [2.75, 3.05) is 39.9 Å². The molecule has 0 saturated carbocycles. The molecule has 338 valence electrons. The molecule has 3 atom stereocenters. The Labute approximate surface area is 375 Å². The minimum absolute atomic E-state index is 0.0248. The Morgan fingerprint density at radius 1 is 0.922 bits per heavy atom. The third kappa shape index (κ3) is 12.2. The summed E-state index contributed by atoms with van der Waals surface area (Å²) in [6.45, 7) is 8.99. The molecule has 0 fully saturated rings. The molecule has 0 aliphatic carbocycles. The van der Waals surface area contributed by atoms with Gasteiger partial charge in [0.05, 0.1) is 23.4 Å². The fraction of sp³-hybridized carbons (Fsp3) is 0.429. The van der Waals surface area contributed by atoms with Crippen molar-refractivity contribution >= 4 is 29.2 Å². The summed E-state index contributed by atoms with van der Waals surface area (Å²) in [5.41, 5.74) is 22.5. The monoisotopic (exact) mass is 872 g/mol. The second kappa shape index (κ2) is 22.3. The molecule has 0 spiro atoms. The highest BCUT2D eigenvalue weighted by Gasteiger charge is 2.35. The van der Waals surface area contributed by atoms with Gasteiger partial charge >= 0.3 is 0 Å². The van der Waals surface area contributed by atoms with Gasteiger partial charge in [0.25, 0.3) is 0 Å². The molecule has 1 aliphatic rings. The number of amides is 2. The first-order chi connectivity index (χ1) is 30.6. The van der Waals surface area contributed by atoms with Crippen molar-refractivity contribution in [2.45, 2.75) is 90.1 Å². The van der Waals surface area contributed by atoms with Gasteiger partial charge in [0.15, 0.2) is 23.2 Å². The van der Waals surface area contributed by atoms with E-state index in [0.29, 0.717) is 45.3 Å². The molecule has 0 unspecified atom stereocenters. The maximum absolute atomic E-state index is 14.7. The van der Waals surface area contributed by atoms with Gasteiger partial charge in [0.1, 0.15) is 30.8 Å². The van der Waals surface area contributed by atoms with Gasteiger partial charge in [-0.15, -0.1) is 0 Å². The first-order valence-electron chi connectivity index (χ1n) is 21.7. The van der Waals surface area contributed by atoms with Crippen molar-refractivity contribution in [1.29, 1.82) is 5.26 Å². The Bertz CT molecular complexity index is 2370. The van der Waals surface area contributed by atoms with Gasteiger partial charge in [-0.1, -0.05) is 57.2 Å². The number of ketones is 3. The molecule has 4 aromatic rings. The number of rotatable bonds is 17. The fourth-order valence-electron chi connectivity index (χ4n) is 7.79. The number of Topliss-reactive ketones (excluding diaryl/α,β-unsaturated/α-hetero) is 3. The smallest absolute Gasteiger partial charge is 0.226 e. The zero-order chi connectivity index (χ0) is 46.6. The largest absolute Gasteiger partial charge is 0.492 e. The number of ether oxygens (including phenoxy) is 2. The van der Waals surface area contributed by atoms with E-state index in [1.54, 1.807) is 37.3 Å². The molecular formula is C49H60N8O7. The number of nitrogens with zero attached hydrogens (tertiary/aromatic N) is 4. The zero-order valence-electron chi connectivity index (χ0n) is 37.4. The lowest BCUT2D eigenvalue weighted by atomic mass is 9.86. The molecular weight excluding hydrogens is 813 g/mol. The second-order valence-electron chi connectivity index (χ2n) is 17.0. The number of benzene rings is 3. The topological polar surface area (TPSA) is 247 Å². The van der Waals surface area contributed by atoms with Crippen LogP contribution < -0.4 is 32.0 Å². The Kier molecular flexibility index (Phi) is 17.0. The average molecular weight is 873 g/mol. The van der Waals surface area contributed by atoms with Crippen molar-refractivity contribution in [3.8, 4) is 40.1 Å². The minimum atomic E-state index is -1.22. The summed E-state index contributed by atoms with van der Waals surface area (Å²) in [7, 11) is 1.50. The van der Waals surface area contributed by atoms with E-state index >= 15 is 0 Å². The number of aryl methyl sites for hydroxylation is 1. The van der Waals surface area contributed by atoms with Crippen LogP contribution in [-0.4, -0.2) is 90.0 Å². The summed E-state index contributed by atoms with van der Waals surface area (Å²) in [6.07, 6.45) is 0.846. The first kappa shape index (κ1) is 48.7. The van der Waals surface area contributed by atoms with Crippen LogP contribution in [0.4, 0.5) is 0 Å². The third-order valence-electron chi connectivity index (χ3n) is 11.3. The van der Waals surface area contributed by atoms with Gasteiger partial charge in [0.2, 0.25) is 11.8 Å². The number of carbonyl (C=O) groups is 5. The Balaban J connectivity index is 1.53. The molecule has 2 heterocycles. The molecule has 0 saturated heterocycles. The molecule has 2 amide bonds. The molecule has 64 heavy (non-hydrogen) atoms. The summed E-state index contributed by atoms with van der Waals surface area (Å²) < 4.78 is 12.2. The van der Waals surface area contributed by atoms with Crippen LogP contribution in [-0.2, 0) is 31.0 Å². The lowest BCUT2D eigenvalue weighted by Crippen LogP contribution is -2.43. The predicted octanol–water partition coefficient (Wildman–Crippen LogP) is 5.09. The number of hydrogen-bond donors (Lipinski definition) is 4. The van der Waals surface area contributed by atoms with Crippen LogP contribution in [0.15, 0.2) is 66.9 Å². The highest BCUT2D eigenvalue weighted by Crippen LogP contribution is 2.41. The number of nitriles is 1. The van der Waals surface area contributed by atoms with E-state index in [-0.39, 0.29) is 100 Å². The highest BCUT2D eigenvalue weighted by atomic mass is 16.5. The lowest BCUT2D eigenvalue weighted by molar-refractivity contribution is -0.142. The van der Waals surface area contributed by atoms with Gasteiger partial charge in [-0.3, -0.25) is 24.0 Å². The summed E-state index contributed by atoms with van der Waals surface area (Å²) in [6, 6.07) is 18.2. The van der Waals surface area contributed by atoms with Crippen molar-refractivity contribution < 1.29 is 33.4 Å². The summed E-state index contributed by atoms with van der Waals surface area (Å²) in [5, 5.41) is 12.0. The van der Waals surface area contributed by atoms with E-state index in [1.807, 2.05) is 36.4 Å². The number of hydrogen-bond acceptors (Lipinski definition) is 13. The molecule has 1 aliphatic heterocycles. The SMILES string of the molecule is Cc1nc(-c2ccc(C(C)(C)C)cc2)ncc1C(=O)C[C@@H](CCN)C(=O)N(C)[C@@H]1C(=O)CCC(=O)N[C@H](C(=O)CCC#N)Cc2ccc(OCCN)c(c2)-c2cc1ccc2OCCN. The van der Waals surface area contributed by atoms with E-state index in [0.717, 1.165) is 11.1 Å². The van der Waals surface area contributed by atoms with Crippen LogP contribution in [0.5, 0.6) is 11.5 Å². The molecule has 15 heteroatoms. The van der Waals surface area contributed by atoms with E-state index in [2.05, 4.69) is 36.1 Å². The van der Waals surface area contributed by atoms with Gasteiger partial charge in [-0.25, -0.2) is 9.97 Å². The fourth-order valence-corrected chi connectivity index (χ4v) is 7.79. The molecule has 7 N–H and O–H groups in total. The first-order valence-corrected chi connectivity index (χ1v) is 21.7. The highest BCUT2D eigenvalue weighted by molar-refractivity contribution is 6.00. The summed E-state index contributed by atoms with van der Waals surface area (Å²) in [4.78, 5) is 80.4. The van der Waals surface area contributed by atoms with Crippen molar-refractivity contribution in [2.24, 2.45) is 23.1 Å². The van der Waals surface area contributed by atoms with Crippen molar-refractivity contribution in [3.05, 3.63) is 94.8 Å². The van der Waals surface area contributed by atoms with Crippen molar-refractivity contribution in [1.82, 2.24) is 20.2 Å². The molecule has 3 aromatic carbocycles. The Hall–Kier alpha value is -6.34.